The average molecular weight is 386 g/mol. The fraction of sp³-hybridized carbons (Fsp3) is 0.292. The van der Waals surface area contributed by atoms with Crippen molar-refractivity contribution in [3.05, 3.63) is 77.4 Å². The third kappa shape index (κ3) is 2.69. The van der Waals surface area contributed by atoms with Crippen LogP contribution < -0.4 is 4.90 Å². The number of carbonyl (C=O) groups is 3. The van der Waals surface area contributed by atoms with Crippen molar-refractivity contribution < 1.29 is 14.4 Å². The van der Waals surface area contributed by atoms with Gasteiger partial charge in [0.1, 0.15) is 0 Å². The maximum atomic E-state index is 13.3. The summed E-state index contributed by atoms with van der Waals surface area (Å²) < 4.78 is 0. The van der Waals surface area contributed by atoms with Crippen molar-refractivity contribution >= 4 is 23.3 Å². The Morgan fingerprint density at radius 3 is 2.21 bits per heavy atom. The van der Waals surface area contributed by atoms with E-state index in [-0.39, 0.29) is 23.6 Å². The molecule has 0 saturated carbocycles. The number of hydrogen-bond donors (Lipinski definition) is 0. The van der Waals surface area contributed by atoms with E-state index in [2.05, 4.69) is 18.2 Å². The lowest BCUT2D eigenvalue weighted by Crippen LogP contribution is -2.48. The molecule has 4 atom stereocenters. The Bertz CT molecular complexity index is 1040. The fourth-order valence-electron chi connectivity index (χ4n) is 5.27. The number of nitrogens with zero attached hydrogens (tertiary/aromatic N) is 2. The van der Waals surface area contributed by atoms with Crippen molar-refractivity contribution in [2.75, 3.05) is 4.90 Å². The molecule has 3 aliphatic rings. The molecule has 2 aromatic rings. The standard InChI is InChI=1S/C24H22N2O3/c1-14-10-15(2)12-16(11-14)13-25-18-8-9-19(27)22(25)21-20(18)23(28)26(24(21)29)17-6-4-3-5-7-17/h3-12,18,20-22H,13H2,1-2H3. The molecular weight excluding hydrogens is 364 g/mol. The van der Waals surface area contributed by atoms with Gasteiger partial charge >= 0.3 is 0 Å². The van der Waals surface area contributed by atoms with E-state index in [1.54, 1.807) is 18.2 Å². The Morgan fingerprint density at radius 1 is 0.862 bits per heavy atom. The van der Waals surface area contributed by atoms with E-state index in [1.165, 1.54) is 4.90 Å². The Hall–Kier alpha value is -3.05. The quantitative estimate of drug-likeness (QED) is 0.762. The van der Waals surface area contributed by atoms with E-state index >= 15 is 0 Å². The molecule has 2 amide bonds. The van der Waals surface area contributed by atoms with E-state index in [9.17, 15) is 14.4 Å². The van der Waals surface area contributed by atoms with Gasteiger partial charge in [-0.3, -0.25) is 19.3 Å². The molecule has 0 spiro atoms. The molecule has 3 heterocycles. The van der Waals surface area contributed by atoms with Gasteiger partial charge in [-0.15, -0.1) is 0 Å². The van der Waals surface area contributed by atoms with Crippen LogP contribution in [-0.4, -0.2) is 34.6 Å². The molecule has 0 radical (unpaired) electrons. The maximum absolute atomic E-state index is 13.3. The minimum Gasteiger partial charge on any atom is -0.293 e. The number of fused-ring (bicyclic) bond motifs is 5. The zero-order chi connectivity index (χ0) is 20.3. The lowest BCUT2D eigenvalue weighted by Gasteiger charge is -2.33. The van der Waals surface area contributed by atoms with E-state index in [0.717, 1.165) is 16.7 Å². The van der Waals surface area contributed by atoms with Crippen LogP contribution in [0.25, 0.3) is 0 Å². The summed E-state index contributed by atoms with van der Waals surface area (Å²) in [6, 6.07) is 14.5. The number of benzene rings is 2. The van der Waals surface area contributed by atoms with Crippen molar-refractivity contribution in [1.29, 1.82) is 0 Å². The highest BCUT2D eigenvalue weighted by molar-refractivity contribution is 6.24. The summed E-state index contributed by atoms with van der Waals surface area (Å²) in [4.78, 5) is 42.7. The van der Waals surface area contributed by atoms with Crippen LogP contribution in [0.5, 0.6) is 0 Å². The number of para-hydroxylation sites is 1. The number of aryl methyl sites for hydroxylation is 2. The van der Waals surface area contributed by atoms with Crippen LogP contribution >= 0.6 is 0 Å². The summed E-state index contributed by atoms with van der Waals surface area (Å²) in [5.74, 6) is -1.69. The Morgan fingerprint density at radius 2 is 1.52 bits per heavy atom. The van der Waals surface area contributed by atoms with Crippen molar-refractivity contribution in [3.8, 4) is 0 Å². The van der Waals surface area contributed by atoms with E-state index in [1.807, 2.05) is 43.0 Å². The molecule has 5 rings (SSSR count). The van der Waals surface area contributed by atoms with Gasteiger partial charge in [-0.2, -0.15) is 0 Å². The van der Waals surface area contributed by atoms with Crippen LogP contribution in [0.4, 0.5) is 5.69 Å². The normalized spacial score (nSPS) is 28.3. The first-order valence-corrected chi connectivity index (χ1v) is 9.93. The molecule has 5 nitrogen and oxygen atoms in total. The molecule has 4 unspecified atom stereocenters. The number of ketones is 1. The van der Waals surface area contributed by atoms with Gasteiger partial charge in [0.05, 0.1) is 23.6 Å². The molecule has 29 heavy (non-hydrogen) atoms. The van der Waals surface area contributed by atoms with Gasteiger partial charge in [0.25, 0.3) is 0 Å². The minimum absolute atomic E-state index is 0.0887. The average Bonchev–Trinajstić information content (AvgIpc) is 3.05. The Kier molecular flexibility index (Phi) is 4.03. The van der Waals surface area contributed by atoms with Crippen molar-refractivity contribution in [1.82, 2.24) is 4.90 Å². The molecule has 2 bridgehead atoms. The first kappa shape index (κ1) is 18.0. The Balaban J connectivity index is 1.52. The number of amides is 2. The zero-order valence-electron chi connectivity index (χ0n) is 16.4. The topological polar surface area (TPSA) is 57.7 Å². The summed E-state index contributed by atoms with van der Waals surface area (Å²) in [7, 11) is 0. The summed E-state index contributed by atoms with van der Waals surface area (Å²) in [5.41, 5.74) is 4.00. The molecule has 0 N–H and O–H groups in total. The summed E-state index contributed by atoms with van der Waals surface area (Å²) >= 11 is 0. The summed E-state index contributed by atoms with van der Waals surface area (Å²) in [6.45, 7) is 4.64. The smallest absolute Gasteiger partial charge is 0.239 e. The number of imide groups is 1. The molecule has 0 aliphatic carbocycles. The highest BCUT2D eigenvalue weighted by Gasteiger charge is 2.64. The van der Waals surface area contributed by atoms with Crippen molar-refractivity contribution in [3.63, 3.8) is 0 Å². The third-order valence-corrected chi connectivity index (χ3v) is 6.26. The first-order chi connectivity index (χ1) is 14.0. The lowest BCUT2D eigenvalue weighted by molar-refractivity contribution is -0.129. The molecular formula is C24H22N2O3. The van der Waals surface area contributed by atoms with Crippen LogP contribution in [-0.2, 0) is 20.9 Å². The van der Waals surface area contributed by atoms with Crippen LogP contribution in [0, 0.1) is 25.7 Å². The third-order valence-electron chi connectivity index (χ3n) is 6.26. The number of rotatable bonds is 3. The second kappa shape index (κ2) is 6.49. The van der Waals surface area contributed by atoms with E-state index in [0.29, 0.717) is 12.2 Å². The number of anilines is 1. The number of hydrogen-bond acceptors (Lipinski definition) is 4. The predicted octanol–water partition coefficient (Wildman–Crippen LogP) is 2.80. The predicted molar refractivity (Wildman–Crippen MR) is 109 cm³/mol. The second-order valence-corrected chi connectivity index (χ2v) is 8.26. The van der Waals surface area contributed by atoms with Crippen LogP contribution in [0.3, 0.4) is 0 Å². The zero-order valence-corrected chi connectivity index (χ0v) is 16.4. The largest absolute Gasteiger partial charge is 0.293 e. The molecule has 3 aliphatic heterocycles. The van der Waals surface area contributed by atoms with E-state index in [4.69, 9.17) is 0 Å². The Labute approximate surface area is 169 Å². The molecule has 2 saturated heterocycles. The SMILES string of the molecule is Cc1cc(C)cc(CN2C3C=CC(=O)C2C2C(=O)N(c4ccccc4)C(=O)C23)c1. The second-order valence-electron chi connectivity index (χ2n) is 8.26. The van der Waals surface area contributed by atoms with Gasteiger partial charge in [0.2, 0.25) is 11.8 Å². The van der Waals surface area contributed by atoms with E-state index < -0.39 is 17.9 Å². The van der Waals surface area contributed by atoms with Gasteiger partial charge in [-0.1, -0.05) is 53.6 Å². The number of carbonyl (C=O) groups excluding carboxylic acids is 3. The molecule has 2 aromatic carbocycles. The van der Waals surface area contributed by atoms with Gasteiger partial charge < -0.3 is 0 Å². The molecule has 0 aromatic heterocycles. The van der Waals surface area contributed by atoms with Crippen molar-refractivity contribution in [2.24, 2.45) is 11.8 Å². The maximum Gasteiger partial charge on any atom is 0.239 e. The van der Waals surface area contributed by atoms with Crippen molar-refractivity contribution in [2.45, 2.75) is 32.5 Å². The van der Waals surface area contributed by atoms with Gasteiger partial charge in [-0.25, -0.2) is 4.90 Å². The fourth-order valence-corrected chi connectivity index (χ4v) is 5.27. The van der Waals surface area contributed by atoms with Crippen LogP contribution in [0.15, 0.2) is 60.7 Å². The summed E-state index contributed by atoms with van der Waals surface area (Å²) in [5, 5.41) is 0. The molecule has 2 fully saturated rings. The minimum atomic E-state index is -0.624. The molecule has 5 heteroatoms. The van der Waals surface area contributed by atoms with Crippen LogP contribution in [0.2, 0.25) is 0 Å². The van der Waals surface area contributed by atoms with Gasteiger partial charge in [-0.05, 0) is 37.6 Å². The highest BCUT2D eigenvalue weighted by Crippen LogP contribution is 2.47. The van der Waals surface area contributed by atoms with Gasteiger partial charge in [0, 0.05) is 12.6 Å². The lowest BCUT2D eigenvalue weighted by atomic mass is 9.90. The molecule has 146 valence electrons. The monoisotopic (exact) mass is 386 g/mol. The van der Waals surface area contributed by atoms with Gasteiger partial charge in [0.15, 0.2) is 5.78 Å². The summed E-state index contributed by atoms with van der Waals surface area (Å²) in [6.07, 6.45) is 3.37. The highest BCUT2D eigenvalue weighted by atomic mass is 16.2. The first-order valence-electron chi connectivity index (χ1n) is 9.93. The van der Waals surface area contributed by atoms with Crippen LogP contribution in [0.1, 0.15) is 16.7 Å².